The van der Waals surface area contributed by atoms with Crippen LogP contribution in [0.5, 0.6) is 23.0 Å². The zero-order chi connectivity index (χ0) is 16.4. The van der Waals surface area contributed by atoms with Gasteiger partial charge in [0.1, 0.15) is 6.29 Å². The van der Waals surface area contributed by atoms with Crippen molar-refractivity contribution in [2.45, 2.75) is 12.2 Å². The van der Waals surface area contributed by atoms with Crippen molar-refractivity contribution < 1.29 is 29.2 Å². The van der Waals surface area contributed by atoms with Crippen LogP contribution in [0.4, 0.5) is 0 Å². The van der Waals surface area contributed by atoms with Crippen LogP contribution in [0.2, 0.25) is 0 Å². The van der Waals surface area contributed by atoms with Crippen molar-refractivity contribution in [2.24, 2.45) is 0 Å². The lowest BCUT2D eigenvalue weighted by molar-refractivity contribution is -0.0124. The monoisotopic (exact) mass is 316 g/mol. The zero-order valence-electron chi connectivity index (χ0n) is 12.4. The van der Waals surface area contributed by atoms with Gasteiger partial charge in [-0.2, -0.15) is 0 Å². The number of rotatable bonds is 4. The number of methoxy groups -OCH3 is 1. The fourth-order valence-electron chi connectivity index (χ4n) is 2.51. The predicted molar refractivity (Wildman–Crippen MR) is 81.4 cm³/mol. The van der Waals surface area contributed by atoms with Gasteiger partial charge >= 0.3 is 0 Å². The van der Waals surface area contributed by atoms with Crippen LogP contribution in [0.25, 0.3) is 0 Å². The molecule has 0 saturated heterocycles. The molecule has 0 spiro atoms. The Balaban J connectivity index is 1.97. The highest BCUT2D eigenvalue weighted by atomic mass is 16.6. The quantitative estimate of drug-likeness (QED) is 0.840. The third-order valence-corrected chi connectivity index (χ3v) is 3.69. The molecule has 2 N–H and O–H groups in total. The molecule has 0 unspecified atom stereocenters. The number of carbonyl (C=O) groups excluding carboxylic acids is 1. The van der Waals surface area contributed by atoms with Gasteiger partial charge in [0.05, 0.1) is 13.7 Å². The van der Waals surface area contributed by atoms with E-state index < -0.39 is 12.2 Å². The average molecular weight is 316 g/mol. The van der Waals surface area contributed by atoms with Gasteiger partial charge in [-0.15, -0.1) is 0 Å². The first-order chi connectivity index (χ1) is 11.2. The smallest absolute Gasteiger partial charge is 0.163 e. The summed E-state index contributed by atoms with van der Waals surface area (Å²) in [5.41, 5.74) is 1.16. The lowest BCUT2D eigenvalue weighted by Crippen LogP contribution is -2.36. The van der Waals surface area contributed by atoms with Gasteiger partial charge < -0.3 is 24.4 Å². The Bertz CT molecular complexity index is 727. The lowest BCUT2D eigenvalue weighted by Gasteiger charge is -2.33. The van der Waals surface area contributed by atoms with E-state index in [0.717, 1.165) is 0 Å². The topological polar surface area (TPSA) is 85.2 Å². The molecule has 1 aliphatic heterocycles. The van der Waals surface area contributed by atoms with Crippen LogP contribution in [0.1, 0.15) is 22.0 Å². The molecule has 120 valence electrons. The van der Waals surface area contributed by atoms with E-state index >= 15 is 0 Å². The van der Waals surface area contributed by atoms with Crippen molar-refractivity contribution in [3.8, 4) is 23.0 Å². The van der Waals surface area contributed by atoms with E-state index in [4.69, 9.17) is 14.2 Å². The highest BCUT2D eigenvalue weighted by molar-refractivity contribution is 5.76. The predicted octanol–water partition coefficient (Wildman–Crippen LogP) is 2.09. The maximum Gasteiger partial charge on any atom is 0.163 e. The van der Waals surface area contributed by atoms with Crippen LogP contribution in [0, 0.1) is 0 Å². The summed E-state index contributed by atoms with van der Waals surface area (Å²) < 4.78 is 16.8. The highest BCUT2D eigenvalue weighted by Crippen LogP contribution is 2.41. The molecule has 0 aromatic heterocycles. The second-order valence-corrected chi connectivity index (χ2v) is 5.13. The number of aliphatic hydroxyl groups is 1. The van der Waals surface area contributed by atoms with E-state index in [1.807, 2.05) is 0 Å². The summed E-state index contributed by atoms with van der Waals surface area (Å²) in [5, 5.41) is 19.3. The van der Waals surface area contributed by atoms with Gasteiger partial charge in [-0.25, -0.2) is 0 Å². The summed E-state index contributed by atoms with van der Waals surface area (Å²) in [7, 11) is 1.46. The standard InChI is InChI=1S/C17H16O6/c1-21-14-7-11(3-4-12(14)20)17-16(9-19)22-15-6-10(8-18)2-5-13(15)23-17/h2-8,16-17,19-20H,9H2,1H3/t16-,17-/m1/s1. The first kappa shape index (κ1) is 15.2. The first-order valence-electron chi connectivity index (χ1n) is 7.06. The molecule has 6 nitrogen and oxygen atoms in total. The zero-order valence-corrected chi connectivity index (χ0v) is 12.4. The minimum Gasteiger partial charge on any atom is -0.504 e. The minimum absolute atomic E-state index is 0.0181. The number of carbonyl (C=O) groups is 1. The summed E-state index contributed by atoms with van der Waals surface area (Å²) in [6.07, 6.45) is -0.489. The van der Waals surface area contributed by atoms with E-state index in [0.29, 0.717) is 34.7 Å². The largest absolute Gasteiger partial charge is 0.504 e. The molecular formula is C17H16O6. The molecule has 2 aromatic rings. The van der Waals surface area contributed by atoms with Gasteiger partial charge in [-0.1, -0.05) is 6.07 Å². The third-order valence-electron chi connectivity index (χ3n) is 3.69. The molecule has 0 bridgehead atoms. The van der Waals surface area contributed by atoms with Crippen LogP contribution in [0.3, 0.4) is 0 Å². The van der Waals surface area contributed by atoms with Crippen LogP contribution < -0.4 is 14.2 Å². The van der Waals surface area contributed by atoms with Gasteiger partial charge in [0.15, 0.2) is 35.2 Å². The normalized spacial score (nSPS) is 19.2. The summed E-state index contributed by atoms with van der Waals surface area (Å²) in [6, 6.07) is 9.66. The highest BCUT2D eigenvalue weighted by Gasteiger charge is 2.33. The minimum atomic E-state index is -0.640. The van der Waals surface area contributed by atoms with Crippen molar-refractivity contribution in [3.05, 3.63) is 47.5 Å². The van der Waals surface area contributed by atoms with Gasteiger partial charge in [0, 0.05) is 11.1 Å². The number of aliphatic hydroxyl groups excluding tert-OH is 1. The Hall–Kier alpha value is -2.73. The molecule has 0 saturated carbocycles. The van der Waals surface area contributed by atoms with Crippen LogP contribution in [-0.4, -0.2) is 36.3 Å². The Morgan fingerprint density at radius 1 is 1.17 bits per heavy atom. The molecule has 0 aliphatic carbocycles. The number of ether oxygens (including phenoxy) is 3. The number of aromatic hydroxyl groups is 1. The molecule has 6 heteroatoms. The summed E-state index contributed by atoms with van der Waals surface area (Å²) >= 11 is 0. The fraction of sp³-hybridized carbons (Fsp3) is 0.235. The third kappa shape index (κ3) is 2.80. The Morgan fingerprint density at radius 3 is 2.70 bits per heavy atom. The second kappa shape index (κ2) is 6.18. The maximum atomic E-state index is 10.8. The molecule has 2 atom stereocenters. The van der Waals surface area contributed by atoms with E-state index in [1.54, 1.807) is 30.3 Å². The Kier molecular flexibility index (Phi) is 4.08. The number of hydrogen-bond acceptors (Lipinski definition) is 6. The number of hydrogen-bond donors (Lipinski definition) is 2. The molecule has 1 heterocycles. The van der Waals surface area contributed by atoms with Crippen molar-refractivity contribution >= 4 is 6.29 Å². The molecule has 0 radical (unpaired) electrons. The van der Waals surface area contributed by atoms with E-state index in [1.165, 1.54) is 13.2 Å². The fourth-order valence-corrected chi connectivity index (χ4v) is 2.51. The molecule has 23 heavy (non-hydrogen) atoms. The van der Waals surface area contributed by atoms with Crippen LogP contribution in [0.15, 0.2) is 36.4 Å². The van der Waals surface area contributed by atoms with Crippen molar-refractivity contribution in [2.75, 3.05) is 13.7 Å². The number of benzene rings is 2. The van der Waals surface area contributed by atoms with Crippen molar-refractivity contribution in [1.82, 2.24) is 0 Å². The Labute approximate surface area is 132 Å². The first-order valence-corrected chi connectivity index (χ1v) is 7.06. The number of phenolic OH excluding ortho intramolecular Hbond substituents is 1. The number of fused-ring (bicyclic) bond motifs is 1. The molecule has 0 amide bonds. The van der Waals surface area contributed by atoms with Crippen LogP contribution in [-0.2, 0) is 0 Å². The molecular weight excluding hydrogens is 300 g/mol. The van der Waals surface area contributed by atoms with E-state index in [9.17, 15) is 15.0 Å². The van der Waals surface area contributed by atoms with Gasteiger partial charge in [0.2, 0.25) is 0 Å². The Morgan fingerprint density at radius 2 is 2.00 bits per heavy atom. The molecule has 0 fully saturated rings. The number of phenols is 1. The van der Waals surface area contributed by atoms with E-state index in [2.05, 4.69) is 0 Å². The molecule has 1 aliphatic rings. The van der Waals surface area contributed by atoms with Crippen LogP contribution >= 0.6 is 0 Å². The molecule has 2 aromatic carbocycles. The lowest BCUT2D eigenvalue weighted by atomic mass is 10.0. The summed E-state index contributed by atoms with van der Waals surface area (Å²) in [5.74, 6) is 1.22. The summed E-state index contributed by atoms with van der Waals surface area (Å²) in [4.78, 5) is 10.8. The van der Waals surface area contributed by atoms with Gasteiger partial charge in [-0.05, 0) is 30.3 Å². The summed E-state index contributed by atoms with van der Waals surface area (Å²) in [6.45, 7) is -0.265. The molecule has 3 rings (SSSR count). The second-order valence-electron chi connectivity index (χ2n) is 5.13. The van der Waals surface area contributed by atoms with Gasteiger partial charge in [-0.3, -0.25) is 4.79 Å². The van der Waals surface area contributed by atoms with Crippen molar-refractivity contribution in [1.29, 1.82) is 0 Å². The van der Waals surface area contributed by atoms with Crippen molar-refractivity contribution in [3.63, 3.8) is 0 Å². The van der Waals surface area contributed by atoms with Gasteiger partial charge in [0.25, 0.3) is 0 Å². The van der Waals surface area contributed by atoms with E-state index in [-0.39, 0.29) is 12.4 Å². The maximum absolute atomic E-state index is 10.8. The number of aldehydes is 1. The average Bonchev–Trinajstić information content (AvgIpc) is 2.60. The SMILES string of the molecule is COc1cc([C@H]2Oc3ccc(C=O)cc3O[C@@H]2CO)ccc1O.